The summed E-state index contributed by atoms with van der Waals surface area (Å²) in [6.45, 7) is 5.34. The standard InChI is InChI=1S/C37H40Cl3FN2O4/c1-23(2)19-33(37(45)47-25-9-4-5-10-25)42-17-6-3-7-18-46-26-21-29(27-14-13-24(41)20-32(27)40)28-15-16-35(44)43(34(28)22-26)36-30(38)11-8-12-31(36)39/h8,11-16,20-23,25,33,42H,3-7,9-10,17-19H2,1-2H3/t33-/m0/s1. The van der Waals surface area contributed by atoms with E-state index in [1.165, 1.54) is 22.8 Å². The molecule has 1 fully saturated rings. The average molecular weight is 702 g/mol. The molecule has 0 aliphatic heterocycles. The van der Waals surface area contributed by atoms with Crippen LogP contribution in [0.2, 0.25) is 15.1 Å². The van der Waals surface area contributed by atoms with E-state index in [9.17, 15) is 14.0 Å². The van der Waals surface area contributed by atoms with Crippen molar-refractivity contribution in [2.24, 2.45) is 5.92 Å². The predicted octanol–water partition coefficient (Wildman–Crippen LogP) is 9.80. The molecule has 4 aromatic rings. The number of benzene rings is 3. The summed E-state index contributed by atoms with van der Waals surface area (Å²) in [4.78, 5) is 26.1. The summed E-state index contributed by atoms with van der Waals surface area (Å²) in [6.07, 6.45) is 7.48. The third-order valence-electron chi connectivity index (χ3n) is 8.43. The third-order valence-corrected chi connectivity index (χ3v) is 9.35. The van der Waals surface area contributed by atoms with E-state index in [2.05, 4.69) is 19.2 Å². The molecular formula is C37H40Cl3FN2O4. The minimum atomic E-state index is -0.453. The van der Waals surface area contributed by atoms with Crippen molar-refractivity contribution in [1.82, 2.24) is 9.88 Å². The van der Waals surface area contributed by atoms with E-state index in [1.807, 2.05) is 6.07 Å². The molecule has 5 rings (SSSR count). The molecule has 1 heterocycles. The molecule has 6 nitrogen and oxygen atoms in total. The highest BCUT2D eigenvalue weighted by molar-refractivity contribution is 6.38. The van der Waals surface area contributed by atoms with Crippen LogP contribution >= 0.6 is 34.8 Å². The fourth-order valence-corrected chi connectivity index (χ4v) is 6.96. The molecule has 0 bridgehead atoms. The first-order valence-corrected chi connectivity index (χ1v) is 17.4. The molecule has 250 valence electrons. The molecule has 0 spiro atoms. The van der Waals surface area contributed by atoms with E-state index in [0.717, 1.165) is 51.4 Å². The van der Waals surface area contributed by atoms with Gasteiger partial charge in [0.1, 0.15) is 23.7 Å². The van der Waals surface area contributed by atoms with Gasteiger partial charge in [-0.1, -0.05) is 54.7 Å². The number of esters is 1. The van der Waals surface area contributed by atoms with Crippen molar-refractivity contribution in [2.75, 3.05) is 13.2 Å². The van der Waals surface area contributed by atoms with Crippen LogP contribution < -0.4 is 15.6 Å². The number of ether oxygens (including phenoxy) is 2. The zero-order valence-corrected chi connectivity index (χ0v) is 28.9. The van der Waals surface area contributed by atoms with Crippen molar-refractivity contribution in [3.05, 3.63) is 91.9 Å². The highest BCUT2D eigenvalue weighted by Crippen LogP contribution is 2.39. The highest BCUT2D eigenvalue weighted by Gasteiger charge is 2.26. The molecule has 1 N–H and O–H groups in total. The van der Waals surface area contributed by atoms with Crippen molar-refractivity contribution < 1.29 is 18.7 Å². The number of carbonyl (C=O) groups excluding carboxylic acids is 1. The number of fused-ring (bicyclic) bond motifs is 1. The number of rotatable bonds is 14. The first-order chi connectivity index (χ1) is 22.6. The van der Waals surface area contributed by atoms with Crippen LogP contribution in [0.3, 0.4) is 0 Å². The van der Waals surface area contributed by atoms with Crippen molar-refractivity contribution in [1.29, 1.82) is 0 Å². The van der Waals surface area contributed by atoms with Crippen LogP contribution in [0.1, 0.15) is 65.2 Å². The molecule has 0 amide bonds. The van der Waals surface area contributed by atoms with Gasteiger partial charge < -0.3 is 14.8 Å². The summed E-state index contributed by atoms with van der Waals surface area (Å²) < 4.78 is 27.5. The Morgan fingerprint density at radius 1 is 0.936 bits per heavy atom. The van der Waals surface area contributed by atoms with Gasteiger partial charge in [-0.05, 0) is 112 Å². The van der Waals surface area contributed by atoms with Gasteiger partial charge in [0.25, 0.3) is 5.56 Å². The van der Waals surface area contributed by atoms with Gasteiger partial charge in [-0.2, -0.15) is 0 Å². The Morgan fingerprint density at radius 2 is 1.68 bits per heavy atom. The maximum atomic E-state index is 14.0. The lowest BCUT2D eigenvalue weighted by molar-refractivity contribution is -0.151. The first-order valence-electron chi connectivity index (χ1n) is 16.3. The highest BCUT2D eigenvalue weighted by atomic mass is 35.5. The van der Waals surface area contributed by atoms with Gasteiger partial charge in [0, 0.05) is 23.1 Å². The van der Waals surface area contributed by atoms with Gasteiger partial charge in [0.15, 0.2) is 0 Å². The number of carbonyl (C=O) groups is 1. The van der Waals surface area contributed by atoms with Gasteiger partial charge in [0.2, 0.25) is 0 Å². The quantitative estimate of drug-likeness (QED) is 0.105. The van der Waals surface area contributed by atoms with Crippen molar-refractivity contribution in [3.8, 4) is 22.6 Å². The Morgan fingerprint density at radius 3 is 2.38 bits per heavy atom. The van der Waals surface area contributed by atoms with E-state index in [1.54, 1.807) is 36.4 Å². The van der Waals surface area contributed by atoms with Crippen LogP contribution in [0.5, 0.6) is 5.75 Å². The second kappa shape index (κ2) is 16.3. The van der Waals surface area contributed by atoms with Gasteiger partial charge in [-0.3, -0.25) is 14.2 Å². The molecule has 1 atom stereocenters. The first kappa shape index (κ1) is 35.2. The Bertz CT molecular complexity index is 1750. The molecule has 1 aliphatic rings. The molecule has 10 heteroatoms. The number of hydrogen-bond donors (Lipinski definition) is 1. The minimum absolute atomic E-state index is 0.0576. The summed E-state index contributed by atoms with van der Waals surface area (Å²) in [5.74, 6) is 0.295. The number of hydrogen-bond acceptors (Lipinski definition) is 5. The van der Waals surface area contributed by atoms with Gasteiger partial charge in [-0.15, -0.1) is 0 Å². The van der Waals surface area contributed by atoms with Crippen LogP contribution in [0, 0.1) is 11.7 Å². The van der Waals surface area contributed by atoms with Crippen LogP contribution in [-0.4, -0.2) is 35.8 Å². The van der Waals surface area contributed by atoms with Crippen molar-refractivity contribution in [2.45, 2.75) is 77.4 Å². The fourth-order valence-electron chi connectivity index (χ4n) is 6.12. The number of nitrogens with one attached hydrogen (secondary N) is 1. The number of para-hydroxylation sites is 1. The Labute approximate surface area is 290 Å². The molecule has 0 saturated heterocycles. The predicted molar refractivity (Wildman–Crippen MR) is 189 cm³/mol. The third kappa shape index (κ3) is 8.88. The van der Waals surface area contributed by atoms with Crippen molar-refractivity contribution in [3.63, 3.8) is 0 Å². The lowest BCUT2D eigenvalue weighted by Crippen LogP contribution is -2.40. The molecule has 1 aromatic heterocycles. The molecule has 1 saturated carbocycles. The normalized spacial score (nSPS) is 14.2. The topological polar surface area (TPSA) is 69.6 Å². The number of unbranched alkanes of at least 4 members (excludes halogenated alkanes) is 2. The van der Waals surface area contributed by atoms with Crippen molar-refractivity contribution >= 4 is 51.7 Å². The number of nitrogens with zero attached hydrogens (tertiary/aromatic N) is 1. The second-order valence-electron chi connectivity index (χ2n) is 12.5. The van der Waals surface area contributed by atoms with E-state index >= 15 is 0 Å². The minimum Gasteiger partial charge on any atom is -0.493 e. The van der Waals surface area contributed by atoms with Gasteiger partial charge in [-0.25, -0.2) is 4.39 Å². The molecule has 0 unspecified atom stereocenters. The van der Waals surface area contributed by atoms with Gasteiger partial charge in [0.05, 0.1) is 32.9 Å². The maximum Gasteiger partial charge on any atom is 0.323 e. The van der Waals surface area contributed by atoms with Crippen LogP contribution in [0.4, 0.5) is 4.39 Å². The zero-order chi connectivity index (χ0) is 33.5. The SMILES string of the molecule is CC(C)C[C@H](NCCCCCOc1cc(-c2ccc(F)cc2Cl)c2ccc(=O)n(-c3c(Cl)cccc3Cl)c2c1)C(=O)OC1CCCC1. The Hall–Kier alpha value is -3.10. The molecule has 47 heavy (non-hydrogen) atoms. The Balaban J connectivity index is 1.31. The monoisotopic (exact) mass is 700 g/mol. The lowest BCUT2D eigenvalue weighted by Gasteiger charge is -2.21. The largest absolute Gasteiger partial charge is 0.493 e. The zero-order valence-electron chi connectivity index (χ0n) is 26.7. The fraction of sp³-hybridized carbons (Fsp3) is 0.405. The molecule has 3 aromatic carbocycles. The lowest BCUT2D eigenvalue weighted by atomic mass is 9.99. The Kier molecular flexibility index (Phi) is 12.2. The summed E-state index contributed by atoms with van der Waals surface area (Å²) in [5, 5.41) is 4.97. The molecule has 0 radical (unpaired) electrons. The second-order valence-corrected chi connectivity index (χ2v) is 13.7. The van der Waals surface area contributed by atoms with E-state index in [-0.39, 0.29) is 28.7 Å². The smallest absolute Gasteiger partial charge is 0.323 e. The van der Waals surface area contributed by atoms with Crippen LogP contribution in [0.25, 0.3) is 27.7 Å². The summed E-state index contributed by atoms with van der Waals surface area (Å²) >= 11 is 19.6. The summed E-state index contributed by atoms with van der Waals surface area (Å²) in [5.41, 5.74) is 1.81. The van der Waals surface area contributed by atoms with Crippen LogP contribution in [-0.2, 0) is 9.53 Å². The van der Waals surface area contributed by atoms with E-state index in [4.69, 9.17) is 44.3 Å². The summed E-state index contributed by atoms with van der Waals surface area (Å²) in [6, 6.07) is 15.7. The van der Waals surface area contributed by atoms with Gasteiger partial charge >= 0.3 is 5.97 Å². The van der Waals surface area contributed by atoms with E-state index < -0.39 is 5.82 Å². The maximum absolute atomic E-state index is 14.0. The summed E-state index contributed by atoms with van der Waals surface area (Å²) in [7, 11) is 0. The van der Waals surface area contributed by atoms with E-state index in [0.29, 0.717) is 62.6 Å². The number of aromatic nitrogens is 1. The number of halogens is 4. The molecular weight excluding hydrogens is 662 g/mol. The number of pyridine rings is 1. The molecule has 1 aliphatic carbocycles. The van der Waals surface area contributed by atoms with Crippen LogP contribution in [0.15, 0.2) is 65.5 Å². The average Bonchev–Trinajstić information content (AvgIpc) is 3.53.